The van der Waals surface area contributed by atoms with E-state index >= 15 is 0 Å². The van der Waals surface area contributed by atoms with E-state index in [9.17, 15) is 9.59 Å². The molecule has 0 spiro atoms. The van der Waals surface area contributed by atoms with Crippen LogP contribution in [-0.4, -0.2) is 30.1 Å². The van der Waals surface area contributed by atoms with Gasteiger partial charge in [0.15, 0.2) is 0 Å². The smallest absolute Gasteiger partial charge is 0.252 e. The van der Waals surface area contributed by atoms with E-state index in [-0.39, 0.29) is 24.3 Å². The largest absolute Gasteiger partial charge is 0.350 e. The third-order valence-electron chi connectivity index (χ3n) is 6.16. The minimum atomic E-state index is -0.603. The summed E-state index contributed by atoms with van der Waals surface area (Å²) in [4.78, 5) is 33.3. The lowest BCUT2D eigenvalue weighted by Crippen LogP contribution is -2.46. The van der Waals surface area contributed by atoms with E-state index in [1.54, 1.807) is 17.0 Å². The summed E-state index contributed by atoms with van der Waals surface area (Å²) in [7, 11) is 0. The third-order valence-corrected chi connectivity index (χ3v) is 6.39. The van der Waals surface area contributed by atoms with Gasteiger partial charge in [0.05, 0.1) is 11.4 Å². The molecule has 1 aliphatic heterocycles. The third kappa shape index (κ3) is 5.20. The van der Waals surface area contributed by atoms with Gasteiger partial charge in [0, 0.05) is 22.7 Å². The number of nitrogens with zero attached hydrogens (tertiary/aromatic N) is 2. The van der Waals surface area contributed by atoms with Crippen LogP contribution in [0.2, 0.25) is 5.02 Å². The highest BCUT2D eigenvalue weighted by Crippen LogP contribution is 2.32. The van der Waals surface area contributed by atoms with Crippen LogP contribution >= 0.6 is 11.6 Å². The summed E-state index contributed by atoms with van der Waals surface area (Å²) in [6, 6.07) is 24.3. The first-order chi connectivity index (χ1) is 16.5. The Kier molecular flexibility index (Phi) is 7.43. The Morgan fingerprint density at radius 1 is 1.06 bits per heavy atom. The van der Waals surface area contributed by atoms with Gasteiger partial charge in [0.1, 0.15) is 12.6 Å². The first-order valence-electron chi connectivity index (χ1n) is 11.5. The van der Waals surface area contributed by atoms with Crippen LogP contribution in [0.3, 0.4) is 0 Å². The molecule has 2 atom stereocenters. The second-order valence-corrected chi connectivity index (χ2v) is 8.96. The Morgan fingerprint density at radius 2 is 1.74 bits per heavy atom. The van der Waals surface area contributed by atoms with Crippen molar-refractivity contribution in [2.75, 3.05) is 11.4 Å². The molecule has 1 aliphatic rings. The molecule has 0 bridgehead atoms. The lowest BCUT2D eigenvalue weighted by atomic mass is 9.98. The summed E-state index contributed by atoms with van der Waals surface area (Å²) in [5.41, 5.74) is 4.00. The second kappa shape index (κ2) is 10.7. The number of halogens is 1. The highest BCUT2D eigenvalue weighted by molar-refractivity contribution is 6.32. The molecule has 2 amide bonds. The number of hydrogen-bond donors (Lipinski definition) is 1. The van der Waals surface area contributed by atoms with Gasteiger partial charge in [-0.2, -0.15) is 0 Å². The zero-order valence-electron chi connectivity index (χ0n) is 19.4. The van der Waals surface area contributed by atoms with E-state index < -0.39 is 6.04 Å². The number of fused-ring (bicyclic) bond motifs is 1. The maximum Gasteiger partial charge on any atom is 0.252 e. The standard InChI is InChI=1S/C28H28ClN3O2/c1-3-19(2)26-28(34)32(18-25(33)30-17-20-10-6-4-7-11-20)24-15-14-22(29)16-23(24)27(31-26)21-12-8-5-9-13-21/h4-16,19,26H,3,17-18H2,1-2H3,(H,30,33)/t19-,26-/m1/s1. The fraction of sp³-hybridized carbons (Fsp3) is 0.250. The van der Waals surface area contributed by atoms with Crippen LogP contribution in [-0.2, 0) is 16.1 Å². The highest BCUT2D eigenvalue weighted by Gasteiger charge is 2.35. The molecule has 0 radical (unpaired) electrons. The normalized spacial score (nSPS) is 16.3. The molecule has 0 saturated carbocycles. The quantitative estimate of drug-likeness (QED) is 0.509. The molecule has 5 nitrogen and oxygen atoms in total. The topological polar surface area (TPSA) is 61.8 Å². The Bertz CT molecular complexity index is 1190. The SMILES string of the molecule is CC[C@@H](C)[C@H]1N=C(c2ccccc2)c2cc(Cl)ccc2N(CC(=O)NCc2ccccc2)C1=O. The van der Waals surface area contributed by atoms with Crippen LogP contribution in [0.5, 0.6) is 0 Å². The highest BCUT2D eigenvalue weighted by atomic mass is 35.5. The number of rotatable bonds is 7. The zero-order valence-corrected chi connectivity index (χ0v) is 20.1. The molecule has 0 aliphatic carbocycles. The van der Waals surface area contributed by atoms with Crippen molar-refractivity contribution in [1.82, 2.24) is 5.32 Å². The molecule has 3 aromatic rings. The number of aliphatic imine (C=N–C) groups is 1. The molecule has 6 heteroatoms. The Hall–Kier alpha value is -3.44. The lowest BCUT2D eigenvalue weighted by molar-refractivity contribution is -0.125. The first kappa shape index (κ1) is 23.7. The van der Waals surface area contributed by atoms with Crippen molar-refractivity contribution in [3.63, 3.8) is 0 Å². The van der Waals surface area contributed by atoms with Crippen molar-refractivity contribution in [1.29, 1.82) is 0 Å². The summed E-state index contributed by atoms with van der Waals surface area (Å²) in [6.07, 6.45) is 0.785. The number of amides is 2. The van der Waals surface area contributed by atoms with Crippen molar-refractivity contribution in [2.45, 2.75) is 32.9 Å². The molecule has 0 saturated heterocycles. The monoisotopic (exact) mass is 473 g/mol. The summed E-state index contributed by atoms with van der Waals surface area (Å²) in [5.74, 6) is -0.409. The van der Waals surface area contributed by atoms with Gasteiger partial charge in [0.2, 0.25) is 5.91 Å². The fourth-order valence-corrected chi connectivity index (χ4v) is 4.23. The molecule has 0 aromatic heterocycles. The molecule has 3 aromatic carbocycles. The van der Waals surface area contributed by atoms with Gasteiger partial charge in [-0.15, -0.1) is 0 Å². The first-order valence-corrected chi connectivity index (χ1v) is 11.9. The number of nitrogens with one attached hydrogen (secondary N) is 1. The Balaban J connectivity index is 1.72. The van der Waals surface area contributed by atoms with Crippen LogP contribution in [0.25, 0.3) is 0 Å². The van der Waals surface area contributed by atoms with E-state index in [1.165, 1.54) is 0 Å². The van der Waals surface area contributed by atoms with Crippen molar-refractivity contribution in [3.8, 4) is 0 Å². The average Bonchev–Trinajstić information content (AvgIpc) is 2.98. The van der Waals surface area contributed by atoms with E-state index in [1.807, 2.05) is 80.6 Å². The predicted octanol–water partition coefficient (Wildman–Crippen LogP) is 5.26. The second-order valence-electron chi connectivity index (χ2n) is 8.52. The van der Waals surface area contributed by atoms with Crippen molar-refractivity contribution < 1.29 is 9.59 Å². The number of carbonyl (C=O) groups excluding carboxylic acids is 2. The van der Waals surface area contributed by atoms with Gasteiger partial charge in [-0.3, -0.25) is 14.6 Å². The van der Waals surface area contributed by atoms with Crippen LogP contribution in [0.15, 0.2) is 83.9 Å². The lowest BCUT2D eigenvalue weighted by Gasteiger charge is -2.26. The molecule has 1 heterocycles. The average molecular weight is 474 g/mol. The predicted molar refractivity (Wildman–Crippen MR) is 137 cm³/mol. The molecule has 174 valence electrons. The summed E-state index contributed by atoms with van der Waals surface area (Å²) in [6.45, 7) is 4.37. The van der Waals surface area contributed by atoms with E-state index in [0.717, 1.165) is 23.1 Å². The van der Waals surface area contributed by atoms with Gasteiger partial charge >= 0.3 is 0 Å². The Labute approximate surface area is 205 Å². The van der Waals surface area contributed by atoms with Crippen LogP contribution in [0.4, 0.5) is 5.69 Å². The summed E-state index contributed by atoms with van der Waals surface area (Å²) in [5, 5.41) is 3.48. The number of carbonyl (C=O) groups is 2. The molecule has 1 N–H and O–H groups in total. The van der Waals surface area contributed by atoms with Crippen molar-refractivity contribution in [2.24, 2.45) is 10.9 Å². The zero-order chi connectivity index (χ0) is 24.1. The van der Waals surface area contributed by atoms with Gasteiger partial charge in [0.25, 0.3) is 5.91 Å². The van der Waals surface area contributed by atoms with Gasteiger partial charge < -0.3 is 10.2 Å². The number of benzodiazepines with no additional fused rings is 1. The molecular weight excluding hydrogens is 446 g/mol. The molecule has 4 rings (SSSR count). The minimum Gasteiger partial charge on any atom is -0.350 e. The van der Waals surface area contributed by atoms with Gasteiger partial charge in [-0.25, -0.2) is 0 Å². The molecule has 0 unspecified atom stereocenters. The molecule has 0 fully saturated rings. The fourth-order valence-electron chi connectivity index (χ4n) is 4.05. The van der Waals surface area contributed by atoms with Crippen LogP contribution < -0.4 is 10.2 Å². The van der Waals surface area contributed by atoms with Crippen molar-refractivity contribution in [3.05, 3.63) is 101 Å². The van der Waals surface area contributed by atoms with Gasteiger partial charge in [-0.1, -0.05) is 92.5 Å². The minimum absolute atomic E-state index is 0.00544. The summed E-state index contributed by atoms with van der Waals surface area (Å²) < 4.78 is 0. The van der Waals surface area contributed by atoms with E-state index in [2.05, 4.69) is 5.32 Å². The molecular formula is C28H28ClN3O2. The van der Waals surface area contributed by atoms with E-state index in [4.69, 9.17) is 16.6 Å². The molecule has 34 heavy (non-hydrogen) atoms. The number of hydrogen-bond acceptors (Lipinski definition) is 3. The number of benzene rings is 3. The maximum absolute atomic E-state index is 13.8. The summed E-state index contributed by atoms with van der Waals surface area (Å²) >= 11 is 6.38. The van der Waals surface area contributed by atoms with Crippen molar-refractivity contribution >= 4 is 34.8 Å². The number of anilines is 1. The van der Waals surface area contributed by atoms with Gasteiger partial charge in [-0.05, 0) is 29.7 Å². The van der Waals surface area contributed by atoms with E-state index in [0.29, 0.717) is 23.0 Å². The van der Waals surface area contributed by atoms with Crippen LogP contribution in [0, 0.1) is 5.92 Å². The van der Waals surface area contributed by atoms with Crippen LogP contribution in [0.1, 0.15) is 37.0 Å². The maximum atomic E-state index is 13.8. The Morgan fingerprint density at radius 3 is 2.41 bits per heavy atom.